The van der Waals surface area contributed by atoms with Crippen molar-refractivity contribution in [2.45, 2.75) is 33.4 Å². The number of rotatable bonds is 8. The van der Waals surface area contributed by atoms with E-state index in [-0.39, 0.29) is 17.7 Å². The monoisotopic (exact) mass is 430 g/mol. The molecule has 2 amide bonds. The molecule has 0 aromatic heterocycles. The van der Waals surface area contributed by atoms with Crippen LogP contribution in [0, 0.1) is 12.8 Å². The van der Waals surface area contributed by atoms with Gasteiger partial charge in [-0.25, -0.2) is 4.79 Å². The van der Waals surface area contributed by atoms with E-state index >= 15 is 0 Å². The van der Waals surface area contributed by atoms with Crippen LogP contribution in [0.2, 0.25) is 5.02 Å². The topological polar surface area (TPSA) is 75.7 Å². The first kappa shape index (κ1) is 23.4. The fourth-order valence-electron chi connectivity index (χ4n) is 2.76. The van der Waals surface area contributed by atoms with Gasteiger partial charge in [0.25, 0.3) is 11.8 Å². The highest BCUT2D eigenvalue weighted by atomic mass is 35.5. The van der Waals surface area contributed by atoms with E-state index in [1.165, 1.54) is 4.90 Å². The zero-order valence-corrected chi connectivity index (χ0v) is 18.4. The molecule has 30 heavy (non-hydrogen) atoms. The maximum absolute atomic E-state index is 12.5. The predicted octanol–water partition coefficient (Wildman–Crippen LogP) is 3.60. The molecule has 0 aliphatic carbocycles. The van der Waals surface area contributed by atoms with E-state index in [1.54, 1.807) is 51.2 Å². The summed E-state index contributed by atoms with van der Waals surface area (Å²) in [6, 6.07) is 13.4. The largest absolute Gasteiger partial charge is 0.454 e. The number of hydrogen-bond acceptors (Lipinski definition) is 4. The van der Waals surface area contributed by atoms with Gasteiger partial charge in [0.1, 0.15) is 6.04 Å². The smallest absolute Gasteiger partial charge is 0.329 e. The number of amides is 2. The van der Waals surface area contributed by atoms with Gasteiger partial charge in [-0.2, -0.15) is 0 Å². The average Bonchev–Trinajstić information content (AvgIpc) is 2.70. The molecule has 160 valence electrons. The number of carbonyl (C=O) groups excluding carboxylic acids is 3. The molecule has 0 aliphatic heterocycles. The molecule has 7 heteroatoms. The van der Waals surface area contributed by atoms with Crippen LogP contribution < -0.4 is 5.32 Å². The lowest BCUT2D eigenvalue weighted by molar-refractivity contribution is -0.154. The summed E-state index contributed by atoms with van der Waals surface area (Å²) in [6.45, 7) is 5.47. The van der Waals surface area contributed by atoms with Crippen LogP contribution >= 0.6 is 11.6 Å². The number of nitrogens with one attached hydrogen (secondary N) is 1. The van der Waals surface area contributed by atoms with Gasteiger partial charge in [-0.05, 0) is 42.7 Å². The third kappa shape index (κ3) is 6.88. The second-order valence-corrected chi connectivity index (χ2v) is 7.99. The van der Waals surface area contributed by atoms with Crippen LogP contribution in [0.1, 0.15) is 35.3 Å². The third-order valence-electron chi connectivity index (χ3n) is 4.59. The molecule has 0 radical (unpaired) electrons. The van der Waals surface area contributed by atoms with Crippen molar-refractivity contribution in [1.82, 2.24) is 10.2 Å². The number of hydrogen-bond donors (Lipinski definition) is 1. The number of carbonyl (C=O) groups is 3. The number of ether oxygens (including phenoxy) is 1. The van der Waals surface area contributed by atoms with Gasteiger partial charge in [-0.3, -0.25) is 9.59 Å². The van der Waals surface area contributed by atoms with Crippen LogP contribution in [0.5, 0.6) is 0 Å². The molecule has 0 unspecified atom stereocenters. The van der Waals surface area contributed by atoms with Gasteiger partial charge in [0.15, 0.2) is 6.61 Å². The van der Waals surface area contributed by atoms with E-state index in [2.05, 4.69) is 5.32 Å². The number of nitrogens with zero attached hydrogens (tertiary/aromatic N) is 1. The SMILES string of the molecule is Cc1ccc(C(=O)N[C@H](C(=O)OCC(=O)N(C)Cc2cccc(Cl)c2)C(C)C)cc1. The highest BCUT2D eigenvalue weighted by Crippen LogP contribution is 2.12. The molecular formula is C23H27ClN2O4. The van der Waals surface area contributed by atoms with Gasteiger partial charge in [-0.1, -0.05) is 55.3 Å². The predicted molar refractivity (Wildman–Crippen MR) is 116 cm³/mol. The Morgan fingerprint density at radius 2 is 1.77 bits per heavy atom. The van der Waals surface area contributed by atoms with E-state index in [0.717, 1.165) is 11.1 Å². The van der Waals surface area contributed by atoms with Crippen molar-refractivity contribution in [2.75, 3.05) is 13.7 Å². The molecule has 0 saturated heterocycles. The average molecular weight is 431 g/mol. The maximum Gasteiger partial charge on any atom is 0.329 e. The first-order valence-electron chi connectivity index (χ1n) is 9.70. The minimum Gasteiger partial charge on any atom is -0.454 e. The number of esters is 1. The summed E-state index contributed by atoms with van der Waals surface area (Å²) in [5, 5.41) is 3.28. The second-order valence-electron chi connectivity index (χ2n) is 7.55. The standard InChI is InChI=1S/C23H27ClN2O4/c1-15(2)21(25-22(28)18-10-8-16(3)9-11-18)23(29)30-14-20(27)26(4)13-17-6-5-7-19(24)12-17/h5-12,15,21H,13-14H2,1-4H3,(H,25,28)/t21-/m0/s1. The molecule has 1 atom stereocenters. The summed E-state index contributed by atoms with van der Waals surface area (Å²) >= 11 is 5.96. The summed E-state index contributed by atoms with van der Waals surface area (Å²) in [5.74, 6) is -1.56. The molecule has 6 nitrogen and oxygen atoms in total. The van der Waals surface area contributed by atoms with Gasteiger partial charge < -0.3 is 15.0 Å². The van der Waals surface area contributed by atoms with Crippen molar-refractivity contribution in [3.8, 4) is 0 Å². The lowest BCUT2D eigenvalue weighted by atomic mass is 10.0. The first-order chi connectivity index (χ1) is 14.2. The van der Waals surface area contributed by atoms with Crippen molar-refractivity contribution < 1.29 is 19.1 Å². The fourth-order valence-corrected chi connectivity index (χ4v) is 2.97. The third-order valence-corrected chi connectivity index (χ3v) is 4.83. The summed E-state index contributed by atoms with van der Waals surface area (Å²) < 4.78 is 5.19. The molecule has 0 heterocycles. The molecule has 0 saturated carbocycles. The number of halogens is 1. The molecule has 0 aliphatic rings. The minimum atomic E-state index is -0.857. The van der Waals surface area contributed by atoms with E-state index in [0.29, 0.717) is 17.1 Å². The summed E-state index contributed by atoms with van der Waals surface area (Å²) in [4.78, 5) is 38.7. The summed E-state index contributed by atoms with van der Waals surface area (Å²) in [6.07, 6.45) is 0. The molecule has 2 aromatic carbocycles. The normalized spacial score (nSPS) is 11.7. The van der Waals surface area contributed by atoms with Crippen LogP contribution in [-0.4, -0.2) is 42.4 Å². The van der Waals surface area contributed by atoms with Crippen LogP contribution in [0.3, 0.4) is 0 Å². The van der Waals surface area contributed by atoms with Crippen molar-refractivity contribution in [2.24, 2.45) is 5.92 Å². The van der Waals surface area contributed by atoms with E-state index in [9.17, 15) is 14.4 Å². The Labute approximate surface area is 182 Å². The van der Waals surface area contributed by atoms with Crippen molar-refractivity contribution in [3.63, 3.8) is 0 Å². The summed E-state index contributed by atoms with van der Waals surface area (Å²) in [5.41, 5.74) is 2.36. The Balaban J connectivity index is 1.91. The molecule has 2 aromatic rings. The van der Waals surface area contributed by atoms with Crippen LogP contribution in [-0.2, 0) is 20.9 Å². The van der Waals surface area contributed by atoms with Gasteiger partial charge in [0.05, 0.1) is 0 Å². The Kier molecular flexibility index (Phi) is 8.42. The number of likely N-dealkylation sites (N-methyl/N-ethyl adjacent to an activating group) is 1. The van der Waals surface area contributed by atoms with Crippen molar-refractivity contribution in [3.05, 3.63) is 70.2 Å². The van der Waals surface area contributed by atoms with Gasteiger partial charge in [-0.15, -0.1) is 0 Å². The lowest BCUT2D eigenvalue weighted by Crippen LogP contribution is -2.46. The second kappa shape index (κ2) is 10.8. The molecule has 0 fully saturated rings. The Bertz CT molecular complexity index is 896. The molecular weight excluding hydrogens is 404 g/mol. The Morgan fingerprint density at radius 1 is 1.10 bits per heavy atom. The molecule has 0 spiro atoms. The minimum absolute atomic E-state index is 0.203. The van der Waals surface area contributed by atoms with Crippen molar-refractivity contribution >= 4 is 29.4 Å². The van der Waals surface area contributed by atoms with Crippen LogP contribution in [0.25, 0.3) is 0 Å². The molecule has 0 bridgehead atoms. The zero-order valence-electron chi connectivity index (χ0n) is 17.6. The lowest BCUT2D eigenvalue weighted by Gasteiger charge is -2.22. The van der Waals surface area contributed by atoms with Crippen molar-refractivity contribution in [1.29, 1.82) is 0 Å². The van der Waals surface area contributed by atoms with E-state index in [4.69, 9.17) is 16.3 Å². The fraction of sp³-hybridized carbons (Fsp3) is 0.348. The van der Waals surface area contributed by atoms with E-state index in [1.807, 2.05) is 25.1 Å². The quantitative estimate of drug-likeness (QED) is 0.649. The number of aryl methyl sites for hydroxylation is 1. The van der Waals surface area contributed by atoms with Crippen LogP contribution in [0.15, 0.2) is 48.5 Å². The zero-order chi connectivity index (χ0) is 22.3. The van der Waals surface area contributed by atoms with E-state index < -0.39 is 18.6 Å². The highest BCUT2D eigenvalue weighted by molar-refractivity contribution is 6.30. The van der Waals surface area contributed by atoms with Crippen LogP contribution in [0.4, 0.5) is 0 Å². The van der Waals surface area contributed by atoms with Gasteiger partial charge in [0, 0.05) is 24.2 Å². The first-order valence-corrected chi connectivity index (χ1v) is 10.1. The molecule has 1 N–H and O–H groups in total. The summed E-state index contributed by atoms with van der Waals surface area (Å²) in [7, 11) is 1.62. The van der Waals surface area contributed by atoms with Gasteiger partial charge in [0.2, 0.25) is 0 Å². The highest BCUT2D eigenvalue weighted by Gasteiger charge is 2.27. The Morgan fingerprint density at radius 3 is 2.37 bits per heavy atom. The molecule has 2 rings (SSSR count). The van der Waals surface area contributed by atoms with Gasteiger partial charge >= 0.3 is 5.97 Å². The maximum atomic E-state index is 12.5. The number of benzene rings is 2. The Hall–Kier alpha value is -2.86.